The van der Waals surface area contributed by atoms with Gasteiger partial charge in [0.15, 0.2) is 0 Å². The van der Waals surface area contributed by atoms with Crippen LogP contribution in [-0.2, 0) is 0 Å². The molecule has 0 aliphatic carbocycles. The minimum atomic E-state index is -0.441. The molecule has 1 amide bonds. The number of H-pyrrole nitrogens is 1. The van der Waals surface area contributed by atoms with Crippen molar-refractivity contribution in [2.75, 3.05) is 0 Å². The van der Waals surface area contributed by atoms with E-state index in [-0.39, 0.29) is 11.5 Å². The fourth-order valence-corrected chi connectivity index (χ4v) is 2.72. The Labute approximate surface area is 172 Å². The molecule has 0 aliphatic heterocycles. The van der Waals surface area contributed by atoms with Gasteiger partial charge in [-0.1, -0.05) is 30.3 Å². The van der Waals surface area contributed by atoms with Crippen molar-refractivity contribution < 1.29 is 13.9 Å². The van der Waals surface area contributed by atoms with Gasteiger partial charge in [0.1, 0.15) is 23.0 Å². The molecule has 7 heteroatoms. The van der Waals surface area contributed by atoms with Crippen molar-refractivity contribution in [3.05, 3.63) is 102 Å². The van der Waals surface area contributed by atoms with Gasteiger partial charge in [-0.15, -0.1) is 0 Å². The van der Waals surface area contributed by atoms with Gasteiger partial charge in [0.05, 0.1) is 11.9 Å². The third-order valence-corrected chi connectivity index (χ3v) is 4.18. The Balaban J connectivity index is 1.38. The van der Waals surface area contributed by atoms with E-state index >= 15 is 0 Å². The number of carbonyl (C=O) groups is 1. The Bertz CT molecular complexity index is 1170. The molecule has 0 aliphatic rings. The minimum Gasteiger partial charge on any atom is -0.457 e. The predicted molar refractivity (Wildman–Crippen MR) is 112 cm³/mol. The van der Waals surface area contributed by atoms with Crippen LogP contribution in [0.1, 0.15) is 16.1 Å². The molecule has 0 radical (unpaired) electrons. The third kappa shape index (κ3) is 4.77. The smallest absolute Gasteiger partial charge is 0.289 e. The monoisotopic (exact) mass is 400 g/mol. The molecule has 0 unspecified atom stereocenters. The van der Waals surface area contributed by atoms with E-state index in [0.29, 0.717) is 17.0 Å². The SMILES string of the molecule is O=C(NN=Cc1cccc(Oc2ccccc2)c1)c1cc(-c2ccc(F)cc2)n[nH]1. The number of carbonyl (C=O) groups excluding carboxylic acids is 1. The Morgan fingerprint density at radius 2 is 1.73 bits per heavy atom. The number of nitrogens with one attached hydrogen (secondary N) is 2. The van der Waals surface area contributed by atoms with E-state index < -0.39 is 5.91 Å². The van der Waals surface area contributed by atoms with Gasteiger partial charge in [-0.2, -0.15) is 10.2 Å². The van der Waals surface area contributed by atoms with Gasteiger partial charge in [0, 0.05) is 5.56 Å². The summed E-state index contributed by atoms with van der Waals surface area (Å²) < 4.78 is 18.8. The Hall–Kier alpha value is -4.26. The topological polar surface area (TPSA) is 79.4 Å². The molecule has 30 heavy (non-hydrogen) atoms. The van der Waals surface area contributed by atoms with Crippen LogP contribution in [0.3, 0.4) is 0 Å². The summed E-state index contributed by atoms with van der Waals surface area (Å²) >= 11 is 0. The van der Waals surface area contributed by atoms with Gasteiger partial charge >= 0.3 is 0 Å². The zero-order valence-electron chi connectivity index (χ0n) is 15.7. The highest BCUT2D eigenvalue weighted by Gasteiger charge is 2.10. The third-order valence-electron chi connectivity index (χ3n) is 4.18. The maximum absolute atomic E-state index is 13.0. The maximum atomic E-state index is 13.0. The van der Waals surface area contributed by atoms with Crippen molar-refractivity contribution in [1.29, 1.82) is 0 Å². The summed E-state index contributed by atoms with van der Waals surface area (Å²) in [5, 5.41) is 10.7. The number of hydrogen-bond donors (Lipinski definition) is 2. The summed E-state index contributed by atoms with van der Waals surface area (Å²) in [5.41, 5.74) is 4.69. The van der Waals surface area contributed by atoms with Gasteiger partial charge in [-0.3, -0.25) is 9.89 Å². The number of nitrogens with zero attached hydrogens (tertiary/aromatic N) is 2. The lowest BCUT2D eigenvalue weighted by atomic mass is 10.1. The van der Waals surface area contributed by atoms with E-state index in [1.54, 1.807) is 18.2 Å². The van der Waals surface area contributed by atoms with E-state index in [1.807, 2.05) is 54.6 Å². The normalized spacial score (nSPS) is 10.8. The summed E-state index contributed by atoms with van der Waals surface area (Å²) in [5.74, 6) is 0.619. The van der Waals surface area contributed by atoms with E-state index in [9.17, 15) is 9.18 Å². The zero-order chi connectivity index (χ0) is 20.8. The van der Waals surface area contributed by atoms with E-state index in [0.717, 1.165) is 11.3 Å². The number of benzene rings is 3. The molecule has 1 aromatic heterocycles. The van der Waals surface area contributed by atoms with Crippen LogP contribution in [-0.4, -0.2) is 22.3 Å². The molecule has 4 aromatic rings. The second-order valence-electron chi connectivity index (χ2n) is 6.36. The van der Waals surface area contributed by atoms with Crippen LogP contribution in [0.5, 0.6) is 11.5 Å². The van der Waals surface area contributed by atoms with Crippen LogP contribution in [0.25, 0.3) is 11.3 Å². The first-order chi connectivity index (χ1) is 14.7. The van der Waals surface area contributed by atoms with Crippen LogP contribution < -0.4 is 10.2 Å². The van der Waals surface area contributed by atoms with Crippen molar-refractivity contribution in [2.24, 2.45) is 5.10 Å². The number of ether oxygens (including phenoxy) is 1. The first-order valence-corrected chi connectivity index (χ1v) is 9.15. The van der Waals surface area contributed by atoms with Gasteiger partial charge in [-0.05, 0) is 60.2 Å². The predicted octanol–water partition coefficient (Wildman–Crippen LogP) is 4.77. The number of para-hydroxylation sites is 1. The number of halogens is 1. The van der Waals surface area contributed by atoms with Crippen LogP contribution in [0, 0.1) is 5.82 Å². The van der Waals surface area contributed by atoms with E-state index in [2.05, 4.69) is 20.7 Å². The highest BCUT2D eigenvalue weighted by atomic mass is 19.1. The molecule has 4 rings (SSSR count). The Morgan fingerprint density at radius 1 is 0.967 bits per heavy atom. The lowest BCUT2D eigenvalue weighted by Crippen LogP contribution is -2.18. The molecule has 0 saturated carbocycles. The number of hydrogen-bond acceptors (Lipinski definition) is 4. The van der Waals surface area contributed by atoms with Crippen molar-refractivity contribution in [3.8, 4) is 22.8 Å². The van der Waals surface area contributed by atoms with Gasteiger partial charge in [0.25, 0.3) is 5.91 Å². The molecule has 1 heterocycles. The largest absolute Gasteiger partial charge is 0.457 e. The first-order valence-electron chi connectivity index (χ1n) is 9.15. The number of aromatic amines is 1. The van der Waals surface area contributed by atoms with Crippen LogP contribution in [0.2, 0.25) is 0 Å². The van der Waals surface area contributed by atoms with Crippen molar-refractivity contribution in [3.63, 3.8) is 0 Å². The fraction of sp³-hybridized carbons (Fsp3) is 0. The first kappa shape index (κ1) is 19.1. The van der Waals surface area contributed by atoms with E-state index in [1.165, 1.54) is 18.3 Å². The van der Waals surface area contributed by atoms with Crippen LogP contribution in [0.15, 0.2) is 90.0 Å². The summed E-state index contributed by atoms with van der Waals surface area (Å²) in [6.45, 7) is 0. The average molecular weight is 400 g/mol. The Kier molecular flexibility index (Phi) is 5.61. The molecule has 0 saturated heterocycles. The number of rotatable bonds is 6. The summed E-state index contributed by atoms with van der Waals surface area (Å²) in [6.07, 6.45) is 1.52. The number of amides is 1. The van der Waals surface area contributed by atoms with Gasteiger partial charge in [-0.25, -0.2) is 9.82 Å². The molecule has 6 nitrogen and oxygen atoms in total. The summed E-state index contributed by atoms with van der Waals surface area (Å²) in [7, 11) is 0. The molecule has 0 spiro atoms. The molecule has 3 aromatic carbocycles. The minimum absolute atomic E-state index is 0.243. The fourth-order valence-electron chi connectivity index (χ4n) is 2.72. The Morgan fingerprint density at radius 3 is 2.53 bits per heavy atom. The number of aromatic nitrogens is 2. The van der Waals surface area contributed by atoms with Crippen LogP contribution >= 0.6 is 0 Å². The summed E-state index contributed by atoms with van der Waals surface area (Å²) in [4.78, 5) is 12.3. The molecule has 0 fully saturated rings. The molecule has 0 bridgehead atoms. The quantitative estimate of drug-likeness (QED) is 0.361. The van der Waals surface area contributed by atoms with Crippen molar-refractivity contribution in [1.82, 2.24) is 15.6 Å². The van der Waals surface area contributed by atoms with Crippen LogP contribution in [0.4, 0.5) is 4.39 Å². The molecule has 0 atom stereocenters. The second kappa shape index (κ2) is 8.83. The second-order valence-corrected chi connectivity index (χ2v) is 6.36. The average Bonchev–Trinajstić information content (AvgIpc) is 3.26. The van der Waals surface area contributed by atoms with E-state index in [4.69, 9.17) is 4.74 Å². The standard InChI is InChI=1S/C23H17FN4O2/c24-18-11-9-17(10-12-18)21-14-22(27-26-21)23(29)28-25-15-16-5-4-8-20(13-16)30-19-6-2-1-3-7-19/h1-15H,(H,26,27)(H,28,29). The molecule has 148 valence electrons. The number of hydrazone groups is 1. The molecular formula is C23H17FN4O2. The maximum Gasteiger partial charge on any atom is 0.289 e. The lowest BCUT2D eigenvalue weighted by Gasteiger charge is -2.05. The van der Waals surface area contributed by atoms with Gasteiger partial charge in [0.2, 0.25) is 0 Å². The highest BCUT2D eigenvalue weighted by molar-refractivity contribution is 5.94. The molecule has 2 N–H and O–H groups in total. The zero-order valence-corrected chi connectivity index (χ0v) is 15.7. The van der Waals surface area contributed by atoms with Gasteiger partial charge < -0.3 is 4.74 Å². The highest BCUT2D eigenvalue weighted by Crippen LogP contribution is 2.21. The van der Waals surface area contributed by atoms with Crippen molar-refractivity contribution in [2.45, 2.75) is 0 Å². The lowest BCUT2D eigenvalue weighted by molar-refractivity contribution is 0.0950. The molecular weight excluding hydrogens is 383 g/mol. The summed E-state index contributed by atoms with van der Waals surface area (Å²) in [6, 6.07) is 24.2. The van der Waals surface area contributed by atoms with Crippen molar-refractivity contribution >= 4 is 12.1 Å².